The third kappa shape index (κ3) is 4.07. The summed E-state index contributed by atoms with van der Waals surface area (Å²) in [6, 6.07) is 8.28. The van der Waals surface area contributed by atoms with E-state index in [1.54, 1.807) is 22.9 Å². The van der Waals surface area contributed by atoms with Gasteiger partial charge in [-0.2, -0.15) is 4.31 Å². The molecule has 1 atom stereocenters. The van der Waals surface area contributed by atoms with Crippen LogP contribution >= 0.6 is 0 Å². The van der Waals surface area contributed by atoms with E-state index in [0.29, 0.717) is 11.3 Å². The molecule has 28 heavy (non-hydrogen) atoms. The summed E-state index contributed by atoms with van der Waals surface area (Å²) >= 11 is 0. The Morgan fingerprint density at radius 2 is 2.14 bits per heavy atom. The van der Waals surface area contributed by atoms with Gasteiger partial charge in [-0.1, -0.05) is 12.1 Å². The highest BCUT2D eigenvalue weighted by Gasteiger charge is 2.24. The summed E-state index contributed by atoms with van der Waals surface area (Å²) in [5, 5.41) is 10.8. The maximum atomic E-state index is 12.8. The fraction of sp³-hybridized carbons (Fsp3) is 0.389. The Kier molecular flexibility index (Phi) is 5.80. The van der Waals surface area contributed by atoms with Gasteiger partial charge in [0.1, 0.15) is 11.3 Å². The lowest BCUT2D eigenvalue weighted by Crippen LogP contribution is -2.38. The van der Waals surface area contributed by atoms with Crippen LogP contribution in [0.15, 0.2) is 45.9 Å². The van der Waals surface area contributed by atoms with Gasteiger partial charge in [0.25, 0.3) is 0 Å². The number of furan rings is 1. The number of fused-ring (bicyclic) bond motifs is 1. The normalized spacial score (nSPS) is 13.1. The summed E-state index contributed by atoms with van der Waals surface area (Å²) in [5.74, 6) is 0.167. The first-order valence-corrected chi connectivity index (χ1v) is 10.4. The highest BCUT2D eigenvalue weighted by molar-refractivity contribution is 7.89. The Hall–Kier alpha value is -2.72. The molecule has 2 heterocycles. The van der Waals surface area contributed by atoms with Crippen molar-refractivity contribution in [2.75, 3.05) is 13.6 Å². The second-order valence-electron chi connectivity index (χ2n) is 6.56. The maximum Gasteiger partial charge on any atom is 0.243 e. The van der Waals surface area contributed by atoms with Crippen LogP contribution in [0.2, 0.25) is 0 Å². The van der Waals surface area contributed by atoms with Crippen LogP contribution in [0.4, 0.5) is 0 Å². The van der Waals surface area contributed by atoms with Gasteiger partial charge < -0.3 is 9.73 Å². The molecule has 1 N–H and O–H groups in total. The quantitative estimate of drug-likeness (QED) is 0.613. The molecule has 0 spiro atoms. The summed E-state index contributed by atoms with van der Waals surface area (Å²) < 4.78 is 33.5. The SMILES string of the molecule is CCC(C)n1nnc2cc(S(=O)(=O)N(C)CC(=O)NCc3ccco3)ccc21. The van der Waals surface area contributed by atoms with Crippen molar-refractivity contribution >= 4 is 27.0 Å². The summed E-state index contributed by atoms with van der Waals surface area (Å²) in [6.07, 6.45) is 2.39. The standard InChI is InChI=1S/C18H23N5O4S/c1-4-13(2)23-17-8-7-15(10-16(17)20-21-23)28(25,26)22(3)12-18(24)19-11-14-6-5-9-27-14/h5-10,13H,4,11-12H2,1-3H3,(H,19,24). The van der Waals surface area contributed by atoms with Crippen LogP contribution in [0, 0.1) is 0 Å². The van der Waals surface area contributed by atoms with Crippen molar-refractivity contribution in [1.82, 2.24) is 24.6 Å². The van der Waals surface area contributed by atoms with Crippen LogP contribution in [0.25, 0.3) is 11.0 Å². The predicted molar refractivity (Wildman–Crippen MR) is 103 cm³/mol. The molecule has 0 bridgehead atoms. The van der Waals surface area contributed by atoms with Gasteiger partial charge in [0.15, 0.2) is 0 Å². The zero-order chi connectivity index (χ0) is 20.3. The Morgan fingerprint density at radius 1 is 1.36 bits per heavy atom. The molecule has 9 nitrogen and oxygen atoms in total. The number of hydrogen-bond donors (Lipinski definition) is 1. The molecule has 0 fully saturated rings. The molecule has 0 radical (unpaired) electrons. The van der Waals surface area contributed by atoms with Crippen LogP contribution in [0.1, 0.15) is 32.1 Å². The number of carbonyl (C=O) groups is 1. The largest absolute Gasteiger partial charge is 0.467 e. The molecule has 150 valence electrons. The molecule has 1 aromatic carbocycles. The summed E-state index contributed by atoms with van der Waals surface area (Å²) in [7, 11) is -2.48. The van der Waals surface area contributed by atoms with Crippen molar-refractivity contribution in [3.8, 4) is 0 Å². The number of carbonyl (C=O) groups excluding carboxylic acids is 1. The van der Waals surface area contributed by atoms with Crippen LogP contribution in [-0.4, -0.2) is 47.2 Å². The molecule has 3 rings (SSSR count). The second-order valence-corrected chi connectivity index (χ2v) is 8.60. The van der Waals surface area contributed by atoms with Crippen LogP contribution in [-0.2, 0) is 21.4 Å². The predicted octanol–water partition coefficient (Wildman–Crippen LogP) is 1.93. The first kappa shape index (κ1) is 20.0. The molecule has 0 aliphatic carbocycles. The van der Waals surface area contributed by atoms with Gasteiger partial charge in [-0.25, -0.2) is 13.1 Å². The minimum absolute atomic E-state index is 0.0672. The van der Waals surface area contributed by atoms with Crippen molar-refractivity contribution in [1.29, 1.82) is 0 Å². The summed E-state index contributed by atoms with van der Waals surface area (Å²) in [4.78, 5) is 12.1. The number of rotatable bonds is 8. The third-order valence-corrected chi connectivity index (χ3v) is 6.36. The number of aromatic nitrogens is 3. The van der Waals surface area contributed by atoms with E-state index in [9.17, 15) is 13.2 Å². The lowest BCUT2D eigenvalue weighted by Gasteiger charge is -2.17. The molecule has 0 saturated carbocycles. The number of hydrogen-bond acceptors (Lipinski definition) is 6. The van der Waals surface area contributed by atoms with Crippen LogP contribution in [0.5, 0.6) is 0 Å². The van der Waals surface area contributed by atoms with Crippen LogP contribution < -0.4 is 5.32 Å². The topological polar surface area (TPSA) is 110 Å². The minimum atomic E-state index is -3.84. The summed E-state index contributed by atoms with van der Waals surface area (Å²) in [6.45, 7) is 3.96. The monoisotopic (exact) mass is 405 g/mol. The van der Waals surface area contributed by atoms with E-state index in [1.165, 1.54) is 25.4 Å². The van der Waals surface area contributed by atoms with Crippen molar-refractivity contribution < 1.29 is 17.6 Å². The van der Waals surface area contributed by atoms with E-state index < -0.39 is 15.9 Å². The average Bonchev–Trinajstić information content (AvgIpc) is 3.34. The molecule has 0 saturated heterocycles. The molecule has 0 aliphatic heterocycles. The lowest BCUT2D eigenvalue weighted by molar-refractivity contribution is -0.121. The van der Waals surface area contributed by atoms with Gasteiger partial charge in [0.2, 0.25) is 15.9 Å². The van der Waals surface area contributed by atoms with E-state index >= 15 is 0 Å². The molecule has 1 unspecified atom stereocenters. The fourth-order valence-electron chi connectivity index (χ4n) is 2.70. The molecular formula is C18H23N5O4S. The zero-order valence-electron chi connectivity index (χ0n) is 16.0. The average molecular weight is 405 g/mol. The highest BCUT2D eigenvalue weighted by Crippen LogP contribution is 2.22. The number of nitrogens with one attached hydrogen (secondary N) is 1. The van der Waals surface area contributed by atoms with Crippen molar-refractivity contribution in [3.63, 3.8) is 0 Å². The third-order valence-electron chi connectivity index (χ3n) is 4.57. The number of benzene rings is 1. The Bertz CT molecular complexity index is 1060. The van der Waals surface area contributed by atoms with Gasteiger partial charge in [-0.15, -0.1) is 5.10 Å². The molecule has 3 aromatic rings. The van der Waals surface area contributed by atoms with E-state index in [2.05, 4.69) is 15.6 Å². The fourth-order valence-corrected chi connectivity index (χ4v) is 3.85. The maximum absolute atomic E-state index is 12.8. The van der Waals surface area contributed by atoms with Gasteiger partial charge in [0.05, 0.1) is 35.8 Å². The Balaban J connectivity index is 1.73. The smallest absolute Gasteiger partial charge is 0.243 e. The highest BCUT2D eigenvalue weighted by atomic mass is 32.2. The van der Waals surface area contributed by atoms with E-state index in [0.717, 1.165) is 16.2 Å². The number of sulfonamides is 1. The second kappa shape index (κ2) is 8.11. The first-order chi connectivity index (χ1) is 13.3. The summed E-state index contributed by atoms with van der Waals surface area (Å²) in [5.41, 5.74) is 1.27. The van der Waals surface area contributed by atoms with Gasteiger partial charge in [-0.05, 0) is 43.7 Å². The molecule has 1 amide bonds. The minimum Gasteiger partial charge on any atom is -0.467 e. The molecule has 0 aliphatic rings. The van der Waals surface area contributed by atoms with E-state index in [-0.39, 0.29) is 24.0 Å². The van der Waals surface area contributed by atoms with E-state index in [4.69, 9.17) is 4.42 Å². The van der Waals surface area contributed by atoms with Gasteiger partial charge in [0, 0.05) is 7.05 Å². The van der Waals surface area contributed by atoms with Gasteiger partial charge >= 0.3 is 0 Å². The van der Waals surface area contributed by atoms with Crippen molar-refractivity contribution in [2.45, 2.75) is 37.8 Å². The Morgan fingerprint density at radius 3 is 2.82 bits per heavy atom. The number of amides is 1. The Labute approximate surface area is 163 Å². The first-order valence-electron chi connectivity index (χ1n) is 8.93. The van der Waals surface area contributed by atoms with Gasteiger partial charge in [-0.3, -0.25) is 4.79 Å². The van der Waals surface area contributed by atoms with Crippen LogP contribution in [0.3, 0.4) is 0 Å². The van der Waals surface area contributed by atoms with Crippen molar-refractivity contribution in [2.24, 2.45) is 0 Å². The molecule has 10 heteroatoms. The lowest BCUT2D eigenvalue weighted by atomic mass is 10.2. The molecule has 2 aromatic heterocycles. The number of likely N-dealkylation sites (N-methyl/N-ethyl adjacent to an activating group) is 1. The van der Waals surface area contributed by atoms with Crippen molar-refractivity contribution in [3.05, 3.63) is 42.4 Å². The molecular weight excluding hydrogens is 382 g/mol. The van der Waals surface area contributed by atoms with E-state index in [1.807, 2.05) is 13.8 Å². The number of nitrogens with zero attached hydrogens (tertiary/aromatic N) is 4. The zero-order valence-corrected chi connectivity index (χ0v) is 16.8.